The van der Waals surface area contributed by atoms with E-state index in [-0.39, 0.29) is 5.91 Å². The van der Waals surface area contributed by atoms with Crippen LogP contribution in [0.15, 0.2) is 30.5 Å². The second kappa shape index (κ2) is 5.34. The van der Waals surface area contributed by atoms with Crippen molar-refractivity contribution in [1.82, 2.24) is 0 Å². The number of carbonyl (C=O) groups excluding carboxylic acids is 1. The van der Waals surface area contributed by atoms with Crippen LogP contribution in [0.25, 0.3) is 5.57 Å². The average molecular weight is 215 g/mol. The highest BCUT2D eigenvalue weighted by molar-refractivity contribution is 5.77. The molecule has 0 aliphatic heterocycles. The summed E-state index contributed by atoms with van der Waals surface area (Å²) in [5.74, 6) is -0.295. The zero-order chi connectivity index (χ0) is 12.1. The summed E-state index contributed by atoms with van der Waals surface area (Å²) >= 11 is 0. The van der Waals surface area contributed by atoms with Gasteiger partial charge in [0.2, 0.25) is 5.91 Å². The molecule has 2 nitrogen and oxygen atoms in total. The molecule has 0 unspecified atom stereocenters. The van der Waals surface area contributed by atoms with E-state index in [1.165, 1.54) is 11.1 Å². The molecule has 0 aliphatic rings. The number of hydrogen-bond acceptors (Lipinski definition) is 1. The Balaban J connectivity index is 2.92. The Kier molecular flexibility index (Phi) is 4.10. The Morgan fingerprint density at radius 2 is 2.00 bits per heavy atom. The van der Waals surface area contributed by atoms with E-state index in [0.717, 1.165) is 11.1 Å². The predicted molar refractivity (Wildman–Crippen MR) is 66.9 cm³/mol. The minimum Gasteiger partial charge on any atom is -0.370 e. The largest absolute Gasteiger partial charge is 0.370 e. The molecule has 2 N–H and O–H groups in total. The zero-order valence-corrected chi connectivity index (χ0v) is 9.84. The van der Waals surface area contributed by atoms with Gasteiger partial charge < -0.3 is 5.73 Å². The van der Waals surface area contributed by atoms with Gasteiger partial charge in [0, 0.05) is 12.0 Å². The molecule has 0 heterocycles. The van der Waals surface area contributed by atoms with Crippen LogP contribution >= 0.6 is 0 Å². The summed E-state index contributed by atoms with van der Waals surface area (Å²) in [5.41, 5.74) is 12.5. The maximum atomic E-state index is 10.7. The lowest BCUT2D eigenvalue weighted by atomic mass is 9.98. The van der Waals surface area contributed by atoms with Gasteiger partial charge in [-0.2, -0.15) is 0 Å². The van der Waals surface area contributed by atoms with E-state index in [1.54, 1.807) is 0 Å². The fourth-order valence-electron chi connectivity index (χ4n) is 1.51. The molecule has 84 valence electrons. The quantitative estimate of drug-likeness (QED) is 0.771. The Bertz CT molecular complexity index is 454. The SMILES string of the molecule is C=C=C(CCC(N)=O)c1ccc(C)c(C)c1. The van der Waals surface area contributed by atoms with Crippen molar-refractivity contribution < 1.29 is 4.79 Å². The van der Waals surface area contributed by atoms with Crippen molar-refractivity contribution in [3.63, 3.8) is 0 Å². The Morgan fingerprint density at radius 1 is 1.31 bits per heavy atom. The van der Waals surface area contributed by atoms with Gasteiger partial charge >= 0.3 is 0 Å². The molecule has 16 heavy (non-hydrogen) atoms. The highest BCUT2D eigenvalue weighted by atomic mass is 16.1. The van der Waals surface area contributed by atoms with E-state index in [4.69, 9.17) is 5.73 Å². The molecule has 0 saturated carbocycles. The first-order valence-corrected chi connectivity index (χ1v) is 5.29. The smallest absolute Gasteiger partial charge is 0.217 e. The number of primary amides is 1. The first-order valence-electron chi connectivity index (χ1n) is 5.29. The highest BCUT2D eigenvalue weighted by Crippen LogP contribution is 2.21. The highest BCUT2D eigenvalue weighted by Gasteiger charge is 2.04. The summed E-state index contributed by atoms with van der Waals surface area (Å²) in [5, 5.41) is 0. The molecular weight excluding hydrogens is 198 g/mol. The lowest BCUT2D eigenvalue weighted by Gasteiger charge is -2.07. The minimum atomic E-state index is -0.295. The van der Waals surface area contributed by atoms with Crippen LogP contribution in [0.4, 0.5) is 0 Å². The van der Waals surface area contributed by atoms with Crippen molar-refractivity contribution in [2.24, 2.45) is 5.73 Å². The van der Waals surface area contributed by atoms with Crippen LogP contribution in [0.2, 0.25) is 0 Å². The summed E-state index contributed by atoms with van der Waals surface area (Å²) < 4.78 is 0. The molecular formula is C14H17NO. The van der Waals surface area contributed by atoms with Crippen molar-refractivity contribution >= 4 is 11.5 Å². The minimum absolute atomic E-state index is 0.295. The molecule has 1 aromatic carbocycles. The van der Waals surface area contributed by atoms with Crippen molar-refractivity contribution in [3.05, 3.63) is 47.2 Å². The first-order chi connectivity index (χ1) is 7.54. The monoisotopic (exact) mass is 215 g/mol. The average Bonchev–Trinajstić information content (AvgIpc) is 2.23. The number of benzene rings is 1. The molecule has 0 spiro atoms. The molecule has 0 aromatic heterocycles. The van der Waals surface area contributed by atoms with E-state index in [2.05, 4.69) is 38.3 Å². The summed E-state index contributed by atoms with van der Waals surface area (Å²) in [7, 11) is 0. The molecule has 0 radical (unpaired) electrons. The second-order valence-electron chi connectivity index (χ2n) is 3.92. The van der Waals surface area contributed by atoms with Gasteiger partial charge in [0.15, 0.2) is 0 Å². The van der Waals surface area contributed by atoms with Crippen LogP contribution in [0.1, 0.15) is 29.5 Å². The standard InChI is InChI=1S/C14H17NO/c1-4-12(7-8-14(15)16)13-6-5-10(2)11(3)9-13/h5-6,9H,1,7-8H2,2-3H3,(H2,15,16). The number of nitrogens with two attached hydrogens (primary N) is 1. The number of aryl methyl sites for hydroxylation is 2. The van der Waals surface area contributed by atoms with Gasteiger partial charge in [-0.05, 0) is 37.0 Å². The molecule has 2 heteroatoms. The number of allylic oxidation sites excluding steroid dienone is 1. The normalized spacial score (nSPS) is 9.62. The van der Waals surface area contributed by atoms with Gasteiger partial charge in [0.05, 0.1) is 0 Å². The molecule has 1 amide bonds. The third kappa shape index (κ3) is 3.11. The van der Waals surface area contributed by atoms with Gasteiger partial charge in [0.25, 0.3) is 0 Å². The van der Waals surface area contributed by atoms with Crippen molar-refractivity contribution in [2.45, 2.75) is 26.7 Å². The van der Waals surface area contributed by atoms with Crippen LogP contribution in [-0.4, -0.2) is 5.91 Å². The third-order valence-corrected chi connectivity index (χ3v) is 2.69. The van der Waals surface area contributed by atoms with E-state index in [0.29, 0.717) is 12.8 Å². The maximum absolute atomic E-state index is 10.7. The third-order valence-electron chi connectivity index (χ3n) is 2.69. The van der Waals surface area contributed by atoms with Crippen molar-refractivity contribution in [3.8, 4) is 0 Å². The van der Waals surface area contributed by atoms with Gasteiger partial charge in [-0.3, -0.25) is 4.79 Å². The molecule has 0 saturated heterocycles. The van der Waals surface area contributed by atoms with E-state index in [9.17, 15) is 4.79 Å². The van der Waals surface area contributed by atoms with Crippen LogP contribution < -0.4 is 5.73 Å². The number of rotatable bonds is 4. The van der Waals surface area contributed by atoms with Crippen molar-refractivity contribution in [2.75, 3.05) is 0 Å². The lowest BCUT2D eigenvalue weighted by Crippen LogP contribution is -2.09. The molecule has 0 fully saturated rings. The Morgan fingerprint density at radius 3 is 2.50 bits per heavy atom. The second-order valence-corrected chi connectivity index (χ2v) is 3.92. The zero-order valence-electron chi connectivity index (χ0n) is 9.84. The molecule has 0 atom stereocenters. The summed E-state index contributed by atoms with van der Waals surface area (Å²) in [6.07, 6.45) is 0.937. The van der Waals surface area contributed by atoms with E-state index < -0.39 is 0 Å². The lowest BCUT2D eigenvalue weighted by molar-refractivity contribution is -0.117. The van der Waals surface area contributed by atoms with Gasteiger partial charge in [-0.1, -0.05) is 24.8 Å². The molecule has 0 aliphatic carbocycles. The summed E-state index contributed by atoms with van der Waals surface area (Å²) in [4.78, 5) is 10.7. The van der Waals surface area contributed by atoms with Crippen LogP contribution in [0.5, 0.6) is 0 Å². The number of hydrogen-bond donors (Lipinski definition) is 1. The van der Waals surface area contributed by atoms with Gasteiger partial charge in [0.1, 0.15) is 0 Å². The molecule has 1 rings (SSSR count). The fourth-order valence-corrected chi connectivity index (χ4v) is 1.51. The van der Waals surface area contributed by atoms with Crippen LogP contribution in [0.3, 0.4) is 0 Å². The van der Waals surface area contributed by atoms with Gasteiger partial charge in [-0.25, -0.2) is 0 Å². The van der Waals surface area contributed by atoms with Crippen molar-refractivity contribution in [1.29, 1.82) is 0 Å². The molecule has 1 aromatic rings. The van der Waals surface area contributed by atoms with Gasteiger partial charge in [-0.15, -0.1) is 5.73 Å². The maximum Gasteiger partial charge on any atom is 0.217 e. The Hall–Kier alpha value is -1.79. The number of carbonyl (C=O) groups is 1. The summed E-state index contributed by atoms with van der Waals surface area (Å²) in [6.45, 7) is 7.79. The van der Waals surface area contributed by atoms with Crippen LogP contribution in [-0.2, 0) is 4.79 Å². The fraction of sp³-hybridized carbons (Fsp3) is 0.286. The predicted octanol–water partition coefficient (Wildman–Crippen LogP) is 2.74. The van der Waals surface area contributed by atoms with E-state index >= 15 is 0 Å². The summed E-state index contributed by atoms with van der Waals surface area (Å²) in [6, 6.07) is 6.17. The number of amides is 1. The molecule has 0 bridgehead atoms. The van der Waals surface area contributed by atoms with Crippen LogP contribution in [0, 0.1) is 13.8 Å². The Labute approximate surface area is 96.5 Å². The van der Waals surface area contributed by atoms with E-state index in [1.807, 2.05) is 6.07 Å². The first kappa shape index (κ1) is 12.3. The topological polar surface area (TPSA) is 43.1 Å².